The van der Waals surface area contributed by atoms with Gasteiger partial charge in [0.2, 0.25) is 0 Å². The first-order valence-electron chi connectivity index (χ1n) is 8.96. The largest absolute Gasteiger partial charge is 0.503 e. The van der Waals surface area contributed by atoms with Gasteiger partial charge in [0.05, 0.1) is 24.3 Å². The molecule has 0 spiro atoms. The zero-order valence-electron chi connectivity index (χ0n) is 15.8. The predicted molar refractivity (Wildman–Crippen MR) is 98.1 cm³/mol. The highest BCUT2D eigenvalue weighted by Gasteiger charge is 2.41. The number of aliphatic hydroxyl groups is 1. The van der Waals surface area contributed by atoms with Crippen LogP contribution in [0, 0.1) is 0 Å². The van der Waals surface area contributed by atoms with Crippen LogP contribution in [0.15, 0.2) is 35.6 Å². The van der Waals surface area contributed by atoms with Crippen LogP contribution in [-0.4, -0.2) is 47.6 Å². The van der Waals surface area contributed by atoms with Crippen LogP contribution < -0.4 is 4.74 Å². The first-order valence-corrected chi connectivity index (χ1v) is 8.96. The van der Waals surface area contributed by atoms with E-state index in [4.69, 9.17) is 9.47 Å². The molecule has 1 amide bonds. The summed E-state index contributed by atoms with van der Waals surface area (Å²) in [5.41, 5.74) is 0.907. The quantitative estimate of drug-likeness (QED) is 0.684. The Morgan fingerprint density at radius 2 is 1.92 bits per heavy atom. The molecule has 26 heavy (non-hydrogen) atoms. The van der Waals surface area contributed by atoms with Gasteiger partial charge in [-0.3, -0.25) is 9.59 Å². The number of benzene rings is 1. The molecular weight excluding hydrogens is 334 g/mol. The van der Waals surface area contributed by atoms with Crippen LogP contribution in [0.3, 0.4) is 0 Å². The zero-order valence-corrected chi connectivity index (χ0v) is 15.8. The van der Waals surface area contributed by atoms with E-state index in [9.17, 15) is 14.7 Å². The van der Waals surface area contributed by atoms with Crippen LogP contribution in [0.5, 0.6) is 5.75 Å². The van der Waals surface area contributed by atoms with Gasteiger partial charge in [-0.05, 0) is 51.8 Å². The number of Topliss-reactive ketones (excluding diaryl/α,β-unsaturated/α-hetero) is 1. The number of amides is 1. The van der Waals surface area contributed by atoms with Gasteiger partial charge in [-0.2, -0.15) is 0 Å². The summed E-state index contributed by atoms with van der Waals surface area (Å²) in [7, 11) is 0. The Morgan fingerprint density at radius 3 is 2.46 bits per heavy atom. The number of hydrogen-bond donors (Lipinski definition) is 1. The summed E-state index contributed by atoms with van der Waals surface area (Å²) in [5.74, 6) is -0.564. The van der Waals surface area contributed by atoms with Crippen molar-refractivity contribution in [1.29, 1.82) is 0 Å². The van der Waals surface area contributed by atoms with E-state index in [1.54, 1.807) is 12.1 Å². The second kappa shape index (κ2) is 8.85. The number of aliphatic hydroxyl groups excluding tert-OH is 1. The number of ketones is 1. The van der Waals surface area contributed by atoms with Gasteiger partial charge >= 0.3 is 0 Å². The lowest BCUT2D eigenvalue weighted by atomic mass is 9.96. The molecule has 6 heteroatoms. The Hall–Kier alpha value is -2.34. The number of hydrogen-bond acceptors (Lipinski definition) is 5. The number of ether oxygens (including phenoxy) is 2. The molecular formula is C20H27NO5. The molecule has 1 aliphatic rings. The van der Waals surface area contributed by atoms with Crippen molar-refractivity contribution in [2.24, 2.45) is 0 Å². The highest BCUT2D eigenvalue weighted by Crippen LogP contribution is 2.38. The summed E-state index contributed by atoms with van der Waals surface area (Å²) < 4.78 is 11.0. The second-order valence-electron chi connectivity index (χ2n) is 6.49. The molecule has 1 atom stereocenters. The Bertz CT molecular complexity index is 678. The maximum Gasteiger partial charge on any atom is 0.290 e. The third-order valence-corrected chi connectivity index (χ3v) is 4.18. The van der Waals surface area contributed by atoms with E-state index in [2.05, 4.69) is 0 Å². The Morgan fingerprint density at radius 1 is 1.27 bits per heavy atom. The number of nitrogens with zero attached hydrogens (tertiary/aromatic N) is 1. The first kappa shape index (κ1) is 20.0. The van der Waals surface area contributed by atoms with Gasteiger partial charge in [-0.25, -0.2) is 0 Å². The van der Waals surface area contributed by atoms with Crippen LogP contribution >= 0.6 is 0 Å². The maximum atomic E-state index is 12.5. The van der Waals surface area contributed by atoms with Crippen molar-refractivity contribution in [1.82, 2.24) is 4.90 Å². The van der Waals surface area contributed by atoms with Crippen molar-refractivity contribution in [2.45, 2.75) is 46.3 Å². The summed E-state index contributed by atoms with van der Waals surface area (Å²) in [4.78, 5) is 26.1. The summed E-state index contributed by atoms with van der Waals surface area (Å²) in [6.45, 7) is 8.63. The Kier molecular flexibility index (Phi) is 6.80. The van der Waals surface area contributed by atoms with E-state index in [1.165, 1.54) is 11.8 Å². The van der Waals surface area contributed by atoms with Crippen molar-refractivity contribution >= 4 is 11.7 Å². The molecule has 0 saturated carbocycles. The summed E-state index contributed by atoms with van der Waals surface area (Å²) in [6, 6.07) is 6.66. The molecule has 0 aromatic heterocycles. The summed E-state index contributed by atoms with van der Waals surface area (Å²) >= 11 is 0. The minimum atomic E-state index is -0.588. The molecule has 0 saturated heterocycles. The molecule has 1 aromatic carbocycles. The smallest absolute Gasteiger partial charge is 0.290 e. The molecule has 1 N–H and O–H groups in total. The first-order chi connectivity index (χ1) is 12.4. The molecule has 1 heterocycles. The van der Waals surface area contributed by atoms with Crippen molar-refractivity contribution < 1.29 is 24.2 Å². The van der Waals surface area contributed by atoms with Gasteiger partial charge in [0.25, 0.3) is 5.91 Å². The van der Waals surface area contributed by atoms with E-state index in [0.717, 1.165) is 11.3 Å². The van der Waals surface area contributed by atoms with Gasteiger partial charge in [0.15, 0.2) is 11.5 Å². The average molecular weight is 361 g/mol. The highest BCUT2D eigenvalue weighted by atomic mass is 16.5. The highest BCUT2D eigenvalue weighted by molar-refractivity contribution is 6.08. The molecule has 2 rings (SSSR count). The zero-order chi connectivity index (χ0) is 19.3. The SMILES string of the molecule is CCOc1ccc([C@@H]2C(C(C)=O)=C(O)C(=O)N2CCCOC(C)C)cc1. The summed E-state index contributed by atoms with van der Waals surface area (Å²) in [6.07, 6.45) is 0.737. The fraction of sp³-hybridized carbons (Fsp3) is 0.500. The standard InChI is InChI=1S/C20H27NO5/c1-5-25-16-9-7-15(8-10-16)18-17(14(4)22)19(23)20(24)21(18)11-6-12-26-13(2)3/h7-10,13,18,23H,5-6,11-12H2,1-4H3/t18-/m1/s1. The Labute approximate surface area is 154 Å². The maximum absolute atomic E-state index is 12.5. The van der Waals surface area contributed by atoms with E-state index in [1.807, 2.05) is 32.9 Å². The number of carbonyl (C=O) groups is 2. The fourth-order valence-electron chi connectivity index (χ4n) is 3.06. The normalized spacial score (nSPS) is 17.3. The van der Waals surface area contributed by atoms with Gasteiger partial charge in [-0.15, -0.1) is 0 Å². The second-order valence-corrected chi connectivity index (χ2v) is 6.49. The van der Waals surface area contributed by atoms with Crippen molar-refractivity contribution in [3.63, 3.8) is 0 Å². The lowest BCUT2D eigenvalue weighted by Crippen LogP contribution is -2.32. The van der Waals surface area contributed by atoms with E-state index < -0.39 is 17.7 Å². The van der Waals surface area contributed by atoms with Gasteiger partial charge < -0.3 is 19.5 Å². The summed E-state index contributed by atoms with van der Waals surface area (Å²) in [5, 5.41) is 10.2. The van der Waals surface area contributed by atoms with Crippen LogP contribution in [0.1, 0.15) is 45.7 Å². The number of rotatable bonds is 9. The molecule has 0 radical (unpaired) electrons. The predicted octanol–water partition coefficient (Wildman–Crippen LogP) is 3.18. The monoisotopic (exact) mass is 361 g/mol. The van der Waals surface area contributed by atoms with Crippen LogP contribution in [0.4, 0.5) is 0 Å². The third kappa shape index (κ3) is 4.43. The molecule has 0 aliphatic carbocycles. The van der Waals surface area contributed by atoms with E-state index in [0.29, 0.717) is 26.2 Å². The minimum absolute atomic E-state index is 0.116. The number of carbonyl (C=O) groups excluding carboxylic acids is 2. The van der Waals surface area contributed by atoms with Crippen LogP contribution in [-0.2, 0) is 14.3 Å². The lowest BCUT2D eigenvalue weighted by molar-refractivity contribution is -0.129. The van der Waals surface area contributed by atoms with Crippen molar-refractivity contribution in [3.8, 4) is 5.75 Å². The van der Waals surface area contributed by atoms with E-state index >= 15 is 0 Å². The molecule has 142 valence electrons. The molecule has 1 aliphatic heterocycles. The minimum Gasteiger partial charge on any atom is -0.503 e. The molecule has 0 fully saturated rings. The van der Waals surface area contributed by atoms with Crippen LogP contribution in [0.25, 0.3) is 0 Å². The topological polar surface area (TPSA) is 76.1 Å². The average Bonchev–Trinajstić information content (AvgIpc) is 2.84. The Balaban J connectivity index is 2.25. The van der Waals surface area contributed by atoms with Crippen LogP contribution in [0.2, 0.25) is 0 Å². The fourth-order valence-corrected chi connectivity index (χ4v) is 3.06. The molecule has 0 bridgehead atoms. The third-order valence-electron chi connectivity index (χ3n) is 4.18. The van der Waals surface area contributed by atoms with Gasteiger partial charge in [0.1, 0.15) is 5.75 Å². The van der Waals surface area contributed by atoms with Gasteiger partial charge in [0, 0.05) is 13.2 Å². The van der Waals surface area contributed by atoms with Crippen molar-refractivity contribution in [3.05, 3.63) is 41.2 Å². The molecule has 1 aromatic rings. The van der Waals surface area contributed by atoms with E-state index in [-0.39, 0.29) is 17.5 Å². The molecule has 0 unspecified atom stereocenters. The molecule has 6 nitrogen and oxygen atoms in total. The van der Waals surface area contributed by atoms with Crippen molar-refractivity contribution in [2.75, 3.05) is 19.8 Å². The lowest BCUT2D eigenvalue weighted by Gasteiger charge is -2.27. The van der Waals surface area contributed by atoms with Gasteiger partial charge in [-0.1, -0.05) is 12.1 Å².